The summed E-state index contributed by atoms with van der Waals surface area (Å²) in [5.41, 5.74) is 2.37. The third kappa shape index (κ3) is 4.23. The highest BCUT2D eigenvalue weighted by Gasteiger charge is 2.07. The predicted octanol–water partition coefficient (Wildman–Crippen LogP) is 3.35. The van der Waals surface area contributed by atoms with E-state index in [9.17, 15) is 5.11 Å². The van der Waals surface area contributed by atoms with Crippen LogP contribution in [0.15, 0.2) is 24.3 Å². The third-order valence-electron chi connectivity index (χ3n) is 2.88. The number of hydrogen-bond acceptors (Lipinski definition) is 2. The van der Waals surface area contributed by atoms with E-state index in [0.717, 1.165) is 12.1 Å². The van der Waals surface area contributed by atoms with Crippen molar-refractivity contribution in [3.63, 3.8) is 0 Å². The zero-order valence-electron chi connectivity index (χ0n) is 10.4. The Morgan fingerprint density at radius 2 is 2.00 bits per heavy atom. The maximum atomic E-state index is 9.32. The lowest BCUT2D eigenvalue weighted by molar-refractivity contribution is 0.266. The lowest BCUT2D eigenvalue weighted by atomic mass is 10.1. The number of aryl methyl sites for hydroxylation is 1. The number of rotatable bonds is 7. The van der Waals surface area contributed by atoms with Gasteiger partial charge in [0.25, 0.3) is 0 Å². The number of anilines is 1. The molecule has 2 nitrogen and oxygen atoms in total. The van der Waals surface area contributed by atoms with Gasteiger partial charge in [-0.1, -0.05) is 44.4 Å². The van der Waals surface area contributed by atoms with Crippen LogP contribution in [0.4, 0.5) is 5.69 Å². The minimum atomic E-state index is 0.188. The number of hydrogen-bond donors (Lipinski definition) is 2. The number of benzene rings is 1. The molecular weight excluding hydrogens is 198 g/mol. The molecule has 0 fully saturated rings. The van der Waals surface area contributed by atoms with E-state index >= 15 is 0 Å². The summed E-state index contributed by atoms with van der Waals surface area (Å²) in [5, 5.41) is 12.7. The van der Waals surface area contributed by atoms with E-state index in [4.69, 9.17) is 0 Å². The zero-order chi connectivity index (χ0) is 11.8. The van der Waals surface area contributed by atoms with E-state index in [0.29, 0.717) is 0 Å². The van der Waals surface area contributed by atoms with Crippen molar-refractivity contribution >= 4 is 5.69 Å². The standard InChI is InChI=1S/C14H23NO/c1-3-4-5-9-13(11-16)15-14-10-7-6-8-12(14)2/h6-8,10,13,15-16H,3-5,9,11H2,1-2H3. The number of aliphatic hydroxyl groups excluding tert-OH is 1. The first-order chi connectivity index (χ1) is 7.77. The number of nitrogens with one attached hydrogen (secondary N) is 1. The SMILES string of the molecule is CCCCCC(CO)Nc1ccccc1C. The van der Waals surface area contributed by atoms with Crippen molar-refractivity contribution in [2.45, 2.75) is 45.6 Å². The van der Waals surface area contributed by atoms with Crippen molar-refractivity contribution in [1.82, 2.24) is 0 Å². The van der Waals surface area contributed by atoms with Crippen molar-refractivity contribution in [2.75, 3.05) is 11.9 Å². The van der Waals surface area contributed by atoms with E-state index in [1.807, 2.05) is 12.1 Å². The second kappa shape index (κ2) is 7.29. The predicted molar refractivity (Wildman–Crippen MR) is 69.8 cm³/mol. The van der Waals surface area contributed by atoms with Crippen LogP contribution >= 0.6 is 0 Å². The van der Waals surface area contributed by atoms with Crippen LogP contribution in [0.1, 0.15) is 38.2 Å². The van der Waals surface area contributed by atoms with Crippen molar-refractivity contribution in [2.24, 2.45) is 0 Å². The fraction of sp³-hybridized carbons (Fsp3) is 0.571. The van der Waals surface area contributed by atoms with Gasteiger partial charge in [-0.3, -0.25) is 0 Å². The fourth-order valence-electron chi connectivity index (χ4n) is 1.80. The van der Waals surface area contributed by atoms with E-state index in [-0.39, 0.29) is 12.6 Å². The molecule has 1 atom stereocenters. The fourth-order valence-corrected chi connectivity index (χ4v) is 1.80. The molecule has 0 amide bonds. The second-order valence-electron chi connectivity index (χ2n) is 4.33. The molecule has 0 heterocycles. The Hall–Kier alpha value is -1.02. The minimum Gasteiger partial charge on any atom is -0.394 e. The van der Waals surface area contributed by atoms with E-state index in [1.165, 1.54) is 24.8 Å². The van der Waals surface area contributed by atoms with Crippen molar-refractivity contribution in [1.29, 1.82) is 0 Å². The van der Waals surface area contributed by atoms with Crippen LogP contribution in [-0.4, -0.2) is 17.8 Å². The lowest BCUT2D eigenvalue weighted by Gasteiger charge is -2.18. The Morgan fingerprint density at radius 1 is 1.25 bits per heavy atom. The Kier molecular flexibility index (Phi) is 5.94. The summed E-state index contributed by atoms with van der Waals surface area (Å²) in [6, 6.07) is 8.40. The van der Waals surface area contributed by atoms with Crippen LogP contribution in [0.3, 0.4) is 0 Å². The van der Waals surface area contributed by atoms with Crippen molar-refractivity contribution in [3.8, 4) is 0 Å². The average Bonchev–Trinajstić information content (AvgIpc) is 2.30. The van der Waals surface area contributed by atoms with Gasteiger partial charge in [-0.2, -0.15) is 0 Å². The van der Waals surface area contributed by atoms with Crippen LogP contribution in [0.25, 0.3) is 0 Å². The first-order valence-corrected chi connectivity index (χ1v) is 6.21. The highest BCUT2D eigenvalue weighted by atomic mass is 16.3. The van der Waals surface area contributed by atoms with Gasteiger partial charge in [-0.25, -0.2) is 0 Å². The summed E-state index contributed by atoms with van der Waals surface area (Å²) in [7, 11) is 0. The van der Waals surface area contributed by atoms with Gasteiger partial charge in [-0.05, 0) is 25.0 Å². The highest BCUT2D eigenvalue weighted by molar-refractivity contribution is 5.50. The van der Waals surface area contributed by atoms with Gasteiger partial charge in [0.05, 0.1) is 6.61 Å². The largest absolute Gasteiger partial charge is 0.394 e. The van der Waals surface area contributed by atoms with Gasteiger partial charge < -0.3 is 10.4 Å². The molecule has 0 radical (unpaired) electrons. The van der Waals surface area contributed by atoms with Crippen molar-refractivity contribution in [3.05, 3.63) is 29.8 Å². The number of para-hydroxylation sites is 1. The molecule has 90 valence electrons. The number of aliphatic hydroxyl groups is 1. The van der Waals surface area contributed by atoms with Crippen molar-refractivity contribution < 1.29 is 5.11 Å². The van der Waals surface area contributed by atoms with Crippen LogP contribution < -0.4 is 5.32 Å². The van der Waals surface area contributed by atoms with E-state index < -0.39 is 0 Å². The smallest absolute Gasteiger partial charge is 0.0632 e. The summed E-state index contributed by atoms with van der Waals surface area (Å²) in [6.07, 6.45) is 4.69. The molecule has 0 aliphatic heterocycles. The van der Waals surface area contributed by atoms with Crippen LogP contribution in [0.5, 0.6) is 0 Å². The third-order valence-corrected chi connectivity index (χ3v) is 2.88. The van der Waals surface area contributed by atoms with E-state index in [2.05, 4.69) is 31.3 Å². The van der Waals surface area contributed by atoms with Crippen LogP contribution in [0, 0.1) is 6.92 Å². The molecule has 0 saturated heterocycles. The Balaban J connectivity index is 2.46. The molecule has 0 spiro atoms. The molecule has 1 aromatic carbocycles. The topological polar surface area (TPSA) is 32.3 Å². The van der Waals surface area contributed by atoms with Gasteiger partial charge in [-0.15, -0.1) is 0 Å². The summed E-state index contributed by atoms with van der Waals surface area (Å²) in [6.45, 7) is 4.49. The quantitative estimate of drug-likeness (QED) is 0.692. The van der Waals surface area contributed by atoms with Gasteiger partial charge in [0, 0.05) is 11.7 Å². The zero-order valence-corrected chi connectivity index (χ0v) is 10.4. The first kappa shape index (κ1) is 13.0. The van der Waals surface area contributed by atoms with Crippen LogP contribution in [-0.2, 0) is 0 Å². The van der Waals surface area contributed by atoms with Gasteiger partial charge in [0.1, 0.15) is 0 Å². The van der Waals surface area contributed by atoms with E-state index in [1.54, 1.807) is 0 Å². The molecule has 1 unspecified atom stereocenters. The minimum absolute atomic E-state index is 0.188. The molecule has 1 rings (SSSR count). The molecule has 2 heteroatoms. The monoisotopic (exact) mass is 221 g/mol. The lowest BCUT2D eigenvalue weighted by Crippen LogP contribution is -2.24. The molecule has 16 heavy (non-hydrogen) atoms. The molecule has 0 aliphatic carbocycles. The molecule has 1 aromatic rings. The number of unbranched alkanes of at least 4 members (excludes halogenated alkanes) is 2. The Bertz CT molecular complexity index is 299. The highest BCUT2D eigenvalue weighted by Crippen LogP contribution is 2.16. The normalized spacial score (nSPS) is 12.4. The molecule has 0 aliphatic rings. The summed E-state index contributed by atoms with van der Waals surface area (Å²) < 4.78 is 0. The van der Waals surface area contributed by atoms with Gasteiger partial charge in [0.2, 0.25) is 0 Å². The molecule has 0 bridgehead atoms. The maximum absolute atomic E-state index is 9.32. The second-order valence-corrected chi connectivity index (χ2v) is 4.33. The summed E-state index contributed by atoms with van der Waals surface area (Å²) in [4.78, 5) is 0. The van der Waals surface area contributed by atoms with Gasteiger partial charge >= 0.3 is 0 Å². The molecule has 2 N–H and O–H groups in total. The molecule has 0 aromatic heterocycles. The first-order valence-electron chi connectivity index (χ1n) is 6.21. The van der Waals surface area contributed by atoms with Crippen LogP contribution in [0.2, 0.25) is 0 Å². The summed E-state index contributed by atoms with van der Waals surface area (Å²) in [5.74, 6) is 0. The molecule has 0 saturated carbocycles. The maximum Gasteiger partial charge on any atom is 0.0632 e. The Morgan fingerprint density at radius 3 is 2.62 bits per heavy atom. The average molecular weight is 221 g/mol. The van der Waals surface area contributed by atoms with Gasteiger partial charge in [0.15, 0.2) is 0 Å². The Labute approximate surface area is 98.7 Å². The molecular formula is C14H23NO. The summed E-state index contributed by atoms with van der Waals surface area (Å²) >= 11 is 0.